The maximum Gasteiger partial charge on any atom is 0.337 e. The molecule has 1 heterocycles. The number of halogens is 1. The molecule has 0 bridgehead atoms. The number of rotatable bonds is 3. The summed E-state index contributed by atoms with van der Waals surface area (Å²) in [6.45, 7) is 0. The lowest BCUT2D eigenvalue weighted by atomic mass is 10.1. The highest BCUT2D eigenvalue weighted by atomic mass is 19.1. The van der Waals surface area contributed by atoms with Gasteiger partial charge < -0.3 is 15.0 Å². The van der Waals surface area contributed by atoms with E-state index in [1.54, 1.807) is 13.2 Å². The standard InChI is InChI=1S/C12H10FN3O3/c1-16-5-4-14-10(16)11(17)15-9-3-2-7(13)6-8(9)12(18)19/h2-6H,1H3,(H,15,17)(H,18,19). The number of benzene rings is 1. The van der Waals surface area contributed by atoms with Crippen LogP contribution in [0.25, 0.3) is 0 Å². The number of aromatic carboxylic acids is 1. The van der Waals surface area contributed by atoms with E-state index in [0.717, 1.165) is 12.1 Å². The summed E-state index contributed by atoms with van der Waals surface area (Å²) in [4.78, 5) is 26.7. The van der Waals surface area contributed by atoms with Crippen LogP contribution in [0.3, 0.4) is 0 Å². The molecule has 1 amide bonds. The third-order valence-electron chi connectivity index (χ3n) is 2.48. The maximum absolute atomic E-state index is 13.0. The van der Waals surface area contributed by atoms with Gasteiger partial charge >= 0.3 is 5.97 Å². The van der Waals surface area contributed by atoms with Crippen LogP contribution < -0.4 is 5.32 Å². The van der Waals surface area contributed by atoms with Gasteiger partial charge in [0, 0.05) is 19.4 Å². The van der Waals surface area contributed by atoms with Gasteiger partial charge in [-0.25, -0.2) is 14.2 Å². The maximum atomic E-state index is 13.0. The lowest BCUT2D eigenvalue weighted by Crippen LogP contribution is -2.18. The van der Waals surface area contributed by atoms with Crippen LogP contribution in [0.5, 0.6) is 0 Å². The minimum atomic E-state index is -1.32. The first-order valence-electron chi connectivity index (χ1n) is 5.30. The van der Waals surface area contributed by atoms with Crippen molar-refractivity contribution in [3.8, 4) is 0 Å². The highest BCUT2D eigenvalue weighted by molar-refractivity contribution is 6.06. The van der Waals surface area contributed by atoms with E-state index >= 15 is 0 Å². The molecule has 2 N–H and O–H groups in total. The Hall–Kier alpha value is -2.70. The fourth-order valence-electron chi connectivity index (χ4n) is 1.57. The number of amides is 1. The van der Waals surface area contributed by atoms with Crippen LogP contribution in [0.4, 0.5) is 10.1 Å². The largest absolute Gasteiger partial charge is 0.478 e. The molecule has 1 aromatic carbocycles. The molecule has 0 aliphatic carbocycles. The van der Waals surface area contributed by atoms with Crippen LogP contribution in [0, 0.1) is 5.82 Å². The first-order chi connectivity index (χ1) is 8.99. The summed E-state index contributed by atoms with van der Waals surface area (Å²) in [5.74, 6) is -2.45. The summed E-state index contributed by atoms with van der Waals surface area (Å²) >= 11 is 0. The molecule has 0 spiro atoms. The number of nitrogens with one attached hydrogen (secondary N) is 1. The van der Waals surface area contributed by atoms with Gasteiger partial charge in [0.05, 0.1) is 11.3 Å². The van der Waals surface area contributed by atoms with Gasteiger partial charge in [0.25, 0.3) is 5.91 Å². The summed E-state index contributed by atoms with van der Waals surface area (Å²) in [7, 11) is 1.63. The van der Waals surface area contributed by atoms with Gasteiger partial charge in [0.15, 0.2) is 5.82 Å². The molecule has 0 saturated carbocycles. The van der Waals surface area contributed by atoms with E-state index in [4.69, 9.17) is 5.11 Å². The van der Waals surface area contributed by atoms with Crippen LogP contribution in [-0.2, 0) is 7.05 Å². The number of carbonyl (C=O) groups is 2. The minimum absolute atomic E-state index is 0.0156. The lowest BCUT2D eigenvalue weighted by molar-refractivity contribution is 0.0697. The summed E-state index contributed by atoms with van der Waals surface area (Å²) in [6.07, 6.45) is 3.02. The van der Waals surface area contributed by atoms with Crippen LogP contribution in [0.15, 0.2) is 30.6 Å². The molecule has 0 saturated heterocycles. The van der Waals surface area contributed by atoms with Gasteiger partial charge in [-0.3, -0.25) is 4.79 Å². The third-order valence-corrected chi connectivity index (χ3v) is 2.48. The van der Waals surface area contributed by atoms with E-state index in [0.29, 0.717) is 0 Å². The molecule has 0 radical (unpaired) electrons. The Bertz CT molecular complexity index is 651. The molecule has 2 rings (SSSR count). The molecule has 7 heteroatoms. The molecule has 0 atom stereocenters. The Kier molecular flexibility index (Phi) is 3.28. The summed E-state index contributed by atoms with van der Waals surface area (Å²) < 4.78 is 14.5. The van der Waals surface area contributed by atoms with Crippen molar-refractivity contribution in [3.05, 3.63) is 47.8 Å². The topological polar surface area (TPSA) is 84.2 Å². The average Bonchev–Trinajstić information content (AvgIpc) is 2.77. The number of aromatic nitrogens is 2. The van der Waals surface area contributed by atoms with Crippen LogP contribution >= 0.6 is 0 Å². The molecule has 19 heavy (non-hydrogen) atoms. The number of carboxylic acid groups (broad SMARTS) is 1. The normalized spacial score (nSPS) is 10.2. The number of anilines is 1. The van der Waals surface area contributed by atoms with E-state index in [1.165, 1.54) is 16.8 Å². The smallest absolute Gasteiger partial charge is 0.337 e. The van der Waals surface area contributed by atoms with E-state index in [-0.39, 0.29) is 17.1 Å². The van der Waals surface area contributed by atoms with Crippen molar-refractivity contribution in [1.29, 1.82) is 0 Å². The molecule has 6 nitrogen and oxygen atoms in total. The number of hydrogen-bond donors (Lipinski definition) is 2. The van der Waals surface area contributed by atoms with E-state index in [2.05, 4.69) is 10.3 Å². The zero-order valence-corrected chi connectivity index (χ0v) is 9.92. The summed E-state index contributed by atoms with van der Waals surface area (Å²) in [5, 5.41) is 11.3. The van der Waals surface area contributed by atoms with E-state index in [1.807, 2.05) is 0 Å². The Balaban J connectivity index is 2.32. The van der Waals surface area contributed by atoms with Crippen molar-refractivity contribution >= 4 is 17.6 Å². The number of imidazole rings is 1. The van der Waals surface area contributed by atoms with Crippen molar-refractivity contribution in [3.63, 3.8) is 0 Å². The van der Waals surface area contributed by atoms with Gasteiger partial charge in [-0.2, -0.15) is 0 Å². The number of nitrogens with zero attached hydrogens (tertiary/aromatic N) is 2. The first-order valence-corrected chi connectivity index (χ1v) is 5.30. The van der Waals surface area contributed by atoms with Crippen molar-refractivity contribution in [2.45, 2.75) is 0 Å². The Morgan fingerprint density at radius 1 is 1.42 bits per heavy atom. The summed E-state index contributed by atoms with van der Waals surface area (Å²) in [5.41, 5.74) is -0.301. The second-order valence-corrected chi connectivity index (χ2v) is 3.81. The molecule has 0 unspecified atom stereocenters. The molecule has 0 aliphatic rings. The minimum Gasteiger partial charge on any atom is -0.478 e. The van der Waals surface area contributed by atoms with Crippen LogP contribution in [0.1, 0.15) is 21.0 Å². The third kappa shape index (κ3) is 2.59. The molecule has 1 aromatic heterocycles. The van der Waals surface area contributed by atoms with Crippen molar-refractivity contribution in [1.82, 2.24) is 9.55 Å². The Labute approximate surface area is 107 Å². The predicted molar refractivity (Wildman–Crippen MR) is 64.5 cm³/mol. The van der Waals surface area contributed by atoms with Crippen molar-refractivity contribution in [2.24, 2.45) is 7.05 Å². The Morgan fingerprint density at radius 3 is 2.74 bits per heavy atom. The van der Waals surface area contributed by atoms with Crippen LogP contribution in [0.2, 0.25) is 0 Å². The quantitative estimate of drug-likeness (QED) is 0.879. The average molecular weight is 263 g/mol. The number of hydrogen-bond acceptors (Lipinski definition) is 3. The number of aryl methyl sites for hydroxylation is 1. The van der Waals surface area contributed by atoms with Crippen molar-refractivity contribution < 1.29 is 19.1 Å². The first kappa shape index (κ1) is 12.7. The van der Waals surface area contributed by atoms with Gasteiger partial charge in [0.1, 0.15) is 5.82 Å². The second-order valence-electron chi connectivity index (χ2n) is 3.81. The SMILES string of the molecule is Cn1ccnc1C(=O)Nc1ccc(F)cc1C(=O)O. The van der Waals surface area contributed by atoms with Gasteiger partial charge in [-0.05, 0) is 18.2 Å². The summed E-state index contributed by atoms with van der Waals surface area (Å²) in [6, 6.07) is 3.11. The fourth-order valence-corrected chi connectivity index (χ4v) is 1.57. The van der Waals surface area contributed by atoms with Crippen LogP contribution in [-0.4, -0.2) is 26.5 Å². The molecule has 0 fully saturated rings. The van der Waals surface area contributed by atoms with Gasteiger partial charge in [-0.15, -0.1) is 0 Å². The zero-order valence-electron chi connectivity index (χ0n) is 9.92. The Morgan fingerprint density at radius 2 is 2.16 bits per heavy atom. The molecular formula is C12H10FN3O3. The fraction of sp³-hybridized carbons (Fsp3) is 0.0833. The monoisotopic (exact) mass is 263 g/mol. The zero-order chi connectivity index (χ0) is 14.0. The molecule has 0 aliphatic heterocycles. The number of carbonyl (C=O) groups excluding carboxylic acids is 1. The highest BCUT2D eigenvalue weighted by Crippen LogP contribution is 2.17. The molecular weight excluding hydrogens is 253 g/mol. The van der Waals surface area contributed by atoms with E-state index < -0.39 is 17.7 Å². The lowest BCUT2D eigenvalue weighted by Gasteiger charge is -2.08. The van der Waals surface area contributed by atoms with Gasteiger partial charge in [-0.1, -0.05) is 0 Å². The highest BCUT2D eigenvalue weighted by Gasteiger charge is 2.16. The van der Waals surface area contributed by atoms with Gasteiger partial charge in [0.2, 0.25) is 0 Å². The predicted octanol–water partition coefficient (Wildman–Crippen LogP) is 1.51. The molecule has 2 aromatic rings. The van der Waals surface area contributed by atoms with E-state index in [9.17, 15) is 14.0 Å². The number of carboxylic acids is 1. The van der Waals surface area contributed by atoms with Crippen molar-refractivity contribution in [2.75, 3.05) is 5.32 Å². The molecule has 98 valence electrons. The second kappa shape index (κ2) is 4.89.